The standard InChI is InChI=1S/C13H19N2OPS2/c16-17(19)14-15-10-4-7-12(15)8-9-13(18)11-5-2-1-3-6-11/h1-3,5-6,12,14,16,19H,4,7-10H2. The fourth-order valence-corrected chi connectivity index (χ4v) is 3.54. The molecule has 104 valence electrons. The molecular formula is C13H19N2OPS2. The number of thiocarbonyl (C=S) groups is 1. The maximum Gasteiger partial charge on any atom is 0.175 e. The molecular weight excluding hydrogens is 295 g/mol. The van der Waals surface area contributed by atoms with Gasteiger partial charge >= 0.3 is 0 Å². The Morgan fingerprint density at radius 3 is 2.89 bits per heavy atom. The summed E-state index contributed by atoms with van der Waals surface area (Å²) in [5.74, 6) is 0. The summed E-state index contributed by atoms with van der Waals surface area (Å²) in [7, 11) is -1.37. The molecule has 1 aromatic carbocycles. The van der Waals surface area contributed by atoms with E-state index in [4.69, 9.17) is 12.2 Å². The number of rotatable bonds is 6. The summed E-state index contributed by atoms with van der Waals surface area (Å²) in [6.45, 7) is 0.975. The molecule has 2 unspecified atom stereocenters. The third-order valence-corrected chi connectivity index (χ3v) is 4.54. The summed E-state index contributed by atoms with van der Waals surface area (Å²) in [5.41, 5.74) is 1.15. The van der Waals surface area contributed by atoms with Gasteiger partial charge < -0.3 is 4.89 Å². The van der Waals surface area contributed by atoms with Crippen LogP contribution in [0.1, 0.15) is 31.2 Å². The second-order valence-corrected chi connectivity index (χ2v) is 7.12. The molecule has 19 heavy (non-hydrogen) atoms. The summed E-state index contributed by atoms with van der Waals surface area (Å²) in [5, 5.41) is 5.15. The van der Waals surface area contributed by atoms with Gasteiger partial charge in [0.15, 0.2) is 7.50 Å². The molecule has 1 aliphatic rings. The van der Waals surface area contributed by atoms with E-state index in [0.717, 1.165) is 42.7 Å². The highest BCUT2D eigenvalue weighted by molar-refractivity contribution is 8.42. The molecule has 0 saturated carbocycles. The quantitative estimate of drug-likeness (QED) is 0.326. The largest absolute Gasteiger partial charge is 0.351 e. The molecule has 0 aromatic heterocycles. The smallest absolute Gasteiger partial charge is 0.175 e. The van der Waals surface area contributed by atoms with Gasteiger partial charge in [-0.2, -0.15) is 0 Å². The summed E-state index contributed by atoms with van der Waals surface area (Å²) in [4.78, 5) is 10.4. The molecule has 1 aromatic rings. The van der Waals surface area contributed by atoms with Crippen molar-refractivity contribution in [3.05, 3.63) is 35.9 Å². The van der Waals surface area contributed by atoms with Crippen LogP contribution in [-0.2, 0) is 0 Å². The minimum absolute atomic E-state index is 0.450. The van der Waals surface area contributed by atoms with Crippen LogP contribution in [0.3, 0.4) is 0 Å². The van der Waals surface area contributed by atoms with Crippen LogP contribution in [0.15, 0.2) is 30.3 Å². The van der Waals surface area contributed by atoms with E-state index in [1.807, 2.05) is 18.2 Å². The van der Waals surface area contributed by atoms with E-state index in [1.54, 1.807) is 0 Å². The molecule has 1 saturated heterocycles. The number of benzene rings is 1. The Bertz CT molecular complexity index is 416. The van der Waals surface area contributed by atoms with Crippen molar-refractivity contribution in [2.75, 3.05) is 6.54 Å². The highest BCUT2D eigenvalue weighted by Gasteiger charge is 2.25. The van der Waals surface area contributed by atoms with Gasteiger partial charge in [-0.15, -0.1) is 12.2 Å². The van der Waals surface area contributed by atoms with Crippen LogP contribution in [0.5, 0.6) is 0 Å². The van der Waals surface area contributed by atoms with Crippen LogP contribution in [0.2, 0.25) is 0 Å². The van der Waals surface area contributed by atoms with Gasteiger partial charge in [0.25, 0.3) is 0 Å². The Kier molecular flexibility index (Phi) is 6.20. The van der Waals surface area contributed by atoms with E-state index in [9.17, 15) is 4.89 Å². The fourth-order valence-electron chi connectivity index (χ4n) is 2.45. The molecule has 6 heteroatoms. The van der Waals surface area contributed by atoms with Gasteiger partial charge in [-0.05, 0) is 31.2 Å². The monoisotopic (exact) mass is 314 g/mol. The predicted octanol–water partition coefficient (Wildman–Crippen LogP) is 3.30. The molecule has 1 heterocycles. The summed E-state index contributed by atoms with van der Waals surface area (Å²) >= 11 is 9.50. The van der Waals surface area contributed by atoms with Gasteiger partial charge in [0.1, 0.15) is 0 Å². The molecule has 0 aliphatic carbocycles. The third kappa shape index (κ3) is 4.78. The topological polar surface area (TPSA) is 35.5 Å². The number of nitrogens with one attached hydrogen (secondary N) is 1. The number of hydrazine groups is 1. The highest BCUT2D eigenvalue weighted by atomic mass is 32.7. The van der Waals surface area contributed by atoms with Crippen molar-refractivity contribution in [2.24, 2.45) is 0 Å². The Balaban J connectivity index is 1.83. The minimum Gasteiger partial charge on any atom is -0.351 e. The van der Waals surface area contributed by atoms with Gasteiger partial charge in [0, 0.05) is 17.5 Å². The van der Waals surface area contributed by atoms with Crippen LogP contribution >= 0.6 is 32.0 Å². The lowest BCUT2D eigenvalue weighted by atomic mass is 10.0. The van der Waals surface area contributed by atoms with E-state index < -0.39 is 7.50 Å². The lowest BCUT2D eigenvalue weighted by molar-refractivity contribution is 0.214. The van der Waals surface area contributed by atoms with Crippen LogP contribution in [0.25, 0.3) is 0 Å². The molecule has 0 bridgehead atoms. The van der Waals surface area contributed by atoms with Crippen LogP contribution in [-0.4, -0.2) is 27.4 Å². The number of thiol groups is 1. The lowest BCUT2D eigenvalue weighted by Crippen LogP contribution is -2.38. The van der Waals surface area contributed by atoms with Crippen LogP contribution in [0.4, 0.5) is 0 Å². The summed E-state index contributed by atoms with van der Waals surface area (Å²) < 4.78 is 0. The van der Waals surface area contributed by atoms with Crippen molar-refractivity contribution >= 4 is 36.8 Å². The van der Waals surface area contributed by atoms with Gasteiger partial charge in [-0.25, -0.2) is 10.2 Å². The molecule has 2 N–H and O–H groups in total. The van der Waals surface area contributed by atoms with Gasteiger partial charge in [-0.3, -0.25) is 0 Å². The van der Waals surface area contributed by atoms with Crippen LogP contribution < -0.4 is 5.20 Å². The van der Waals surface area contributed by atoms with Crippen molar-refractivity contribution in [1.82, 2.24) is 10.2 Å². The molecule has 0 spiro atoms. The maximum atomic E-state index is 9.34. The second kappa shape index (κ2) is 7.67. The molecule has 0 amide bonds. The van der Waals surface area contributed by atoms with E-state index in [1.165, 1.54) is 0 Å². The first-order valence-corrected chi connectivity index (χ1v) is 9.31. The predicted molar refractivity (Wildman–Crippen MR) is 88.4 cm³/mol. The van der Waals surface area contributed by atoms with E-state index in [0.29, 0.717) is 6.04 Å². The second-order valence-electron chi connectivity index (χ2n) is 4.71. The Hall–Kier alpha value is -0.0300. The zero-order valence-electron chi connectivity index (χ0n) is 10.7. The number of nitrogens with zero attached hydrogens (tertiary/aromatic N) is 1. The van der Waals surface area contributed by atoms with E-state index >= 15 is 0 Å². The van der Waals surface area contributed by atoms with Gasteiger partial charge in [-0.1, -0.05) is 42.5 Å². The zero-order chi connectivity index (χ0) is 13.7. The lowest BCUT2D eigenvalue weighted by Gasteiger charge is -2.25. The first-order valence-electron chi connectivity index (χ1n) is 6.46. The minimum atomic E-state index is -1.37. The fraction of sp³-hybridized carbons (Fsp3) is 0.462. The Morgan fingerprint density at radius 1 is 1.47 bits per heavy atom. The summed E-state index contributed by atoms with van der Waals surface area (Å²) in [6.07, 6.45) is 4.25. The molecule has 2 atom stereocenters. The average Bonchev–Trinajstić information content (AvgIpc) is 2.83. The first kappa shape index (κ1) is 15.4. The molecule has 3 nitrogen and oxygen atoms in total. The zero-order valence-corrected chi connectivity index (χ0v) is 13.3. The molecule has 1 aliphatic heterocycles. The van der Waals surface area contributed by atoms with E-state index in [-0.39, 0.29) is 0 Å². The maximum absolute atomic E-state index is 9.34. The van der Waals surface area contributed by atoms with Gasteiger partial charge in [0.05, 0.1) is 0 Å². The van der Waals surface area contributed by atoms with Crippen molar-refractivity contribution in [3.63, 3.8) is 0 Å². The van der Waals surface area contributed by atoms with E-state index in [2.05, 4.69) is 34.6 Å². The average molecular weight is 314 g/mol. The highest BCUT2D eigenvalue weighted by Crippen LogP contribution is 2.33. The van der Waals surface area contributed by atoms with Crippen molar-refractivity contribution < 1.29 is 4.89 Å². The molecule has 2 rings (SSSR count). The van der Waals surface area contributed by atoms with Crippen molar-refractivity contribution in [1.29, 1.82) is 0 Å². The molecule has 0 radical (unpaired) electrons. The Labute approximate surface area is 126 Å². The number of hydrogen-bond donors (Lipinski definition) is 3. The Morgan fingerprint density at radius 2 is 2.21 bits per heavy atom. The first-order chi connectivity index (χ1) is 9.16. The van der Waals surface area contributed by atoms with Crippen LogP contribution in [0, 0.1) is 0 Å². The normalized spacial score (nSPS) is 21.5. The summed E-state index contributed by atoms with van der Waals surface area (Å²) in [6, 6.07) is 10.6. The number of hydrogen-bond acceptors (Lipinski definition) is 5. The SMILES string of the molecule is OP(S)NN1CCCC1CCC(=S)c1ccccc1. The third-order valence-electron chi connectivity index (χ3n) is 3.40. The van der Waals surface area contributed by atoms with Crippen molar-refractivity contribution in [2.45, 2.75) is 31.7 Å². The molecule has 1 fully saturated rings. The van der Waals surface area contributed by atoms with Gasteiger partial charge in [0.2, 0.25) is 0 Å². The van der Waals surface area contributed by atoms with Crippen molar-refractivity contribution in [3.8, 4) is 0 Å².